The molecule has 1 atom stereocenters. The fraction of sp³-hybridized carbons (Fsp3) is 0.923. The van der Waals surface area contributed by atoms with E-state index in [1.807, 2.05) is 16.8 Å². The molecule has 0 radical (unpaired) electrons. The topological polar surface area (TPSA) is 32.3 Å². The van der Waals surface area contributed by atoms with Crippen molar-refractivity contribution in [1.82, 2.24) is 10.4 Å². The Morgan fingerprint density at radius 3 is 2.47 bits per heavy atom. The van der Waals surface area contributed by atoms with Crippen LogP contribution in [0, 0.1) is 5.92 Å². The monoisotopic (exact) mass is 254 g/mol. The lowest BCUT2D eigenvalue weighted by Crippen LogP contribution is -2.70. The van der Waals surface area contributed by atoms with Crippen molar-refractivity contribution in [2.24, 2.45) is 5.92 Å². The number of hydrogen-bond acceptors (Lipinski definition) is 3. The number of amides is 1. The van der Waals surface area contributed by atoms with Gasteiger partial charge >= 0.3 is 0 Å². The number of nitrogens with zero attached hydrogens (tertiary/aromatic N) is 1. The molecule has 3 rings (SSSR count). The van der Waals surface area contributed by atoms with Crippen molar-refractivity contribution in [2.75, 3.05) is 6.26 Å². The Bertz CT molecular complexity index is 298. The molecule has 1 saturated heterocycles. The van der Waals surface area contributed by atoms with Gasteiger partial charge in [0.15, 0.2) is 0 Å². The van der Waals surface area contributed by atoms with Gasteiger partial charge in [0.2, 0.25) is 0 Å². The summed E-state index contributed by atoms with van der Waals surface area (Å²) in [5, 5.41) is 2.76. The van der Waals surface area contributed by atoms with E-state index in [1.54, 1.807) is 0 Å². The molecule has 3 nitrogen and oxygen atoms in total. The van der Waals surface area contributed by atoms with Crippen molar-refractivity contribution in [3.63, 3.8) is 0 Å². The van der Waals surface area contributed by atoms with E-state index < -0.39 is 0 Å². The zero-order chi connectivity index (χ0) is 11.8. The van der Waals surface area contributed by atoms with E-state index in [1.165, 1.54) is 38.5 Å². The molecule has 0 aromatic carbocycles. The molecule has 2 aliphatic carbocycles. The Balaban J connectivity index is 1.45. The Kier molecular flexibility index (Phi) is 3.35. The van der Waals surface area contributed by atoms with Gasteiger partial charge in [-0.05, 0) is 44.3 Å². The zero-order valence-corrected chi connectivity index (χ0v) is 11.3. The van der Waals surface area contributed by atoms with E-state index >= 15 is 0 Å². The van der Waals surface area contributed by atoms with Crippen molar-refractivity contribution in [2.45, 2.75) is 62.3 Å². The lowest BCUT2D eigenvalue weighted by molar-refractivity contribution is -0.159. The Hall–Kier alpha value is -0.220. The fourth-order valence-corrected chi connectivity index (χ4v) is 3.80. The van der Waals surface area contributed by atoms with Crippen LogP contribution in [0.1, 0.15) is 44.9 Å². The first-order valence-electron chi connectivity index (χ1n) is 6.90. The highest BCUT2D eigenvalue weighted by molar-refractivity contribution is 7.99. The smallest absolute Gasteiger partial charge is 0.255 e. The maximum Gasteiger partial charge on any atom is 0.255 e. The van der Waals surface area contributed by atoms with Crippen LogP contribution in [0.2, 0.25) is 0 Å². The largest absolute Gasteiger partial charge is 0.273 e. The molecule has 3 aliphatic rings. The van der Waals surface area contributed by atoms with Crippen LogP contribution in [-0.2, 0) is 4.79 Å². The van der Waals surface area contributed by atoms with Gasteiger partial charge in [0.25, 0.3) is 5.91 Å². The third-order valence-electron chi connectivity index (χ3n) is 4.44. The van der Waals surface area contributed by atoms with Gasteiger partial charge < -0.3 is 0 Å². The van der Waals surface area contributed by atoms with Crippen LogP contribution in [0.5, 0.6) is 0 Å². The fourth-order valence-electron chi connectivity index (χ4n) is 3.05. The molecule has 0 aromatic heterocycles. The molecule has 1 amide bonds. The van der Waals surface area contributed by atoms with E-state index in [-0.39, 0.29) is 6.04 Å². The van der Waals surface area contributed by atoms with Crippen molar-refractivity contribution in [1.29, 1.82) is 0 Å². The van der Waals surface area contributed by atoms with Gasteiger partial charge in [0.05, 0.1) is 0 Å². The summed E-state index contributed by atoms with van der Waals surface area (Å²) in [5.74, 6) is 1.20. The molecule has 1 unspecified atom stereocenters. The predicted octanol–water partition coefficient (Wildman–Crippen LogP) is 2.18. The molecule has 2 saturated carbocycles. The number of hydrazine groups is 1. The van der Waals surface area contributed by atoms with E-state index in [0.29, 0.717) is 11.9 Å². The molecule has 0 aromatic rings. The minimum atomic E-state index is 0.153. The summed E-state index contributed by atoms with van der Waals surface area (Å²) in [6.45, 7) is 0. The Morgan fingerprint density at radius 2 is 1.94 bits per heavy atom. The SMILES string of the molecule is CSC1CCC(N2NC(CC3CC3)C2=O)CC1. The Morgan fingerprint density at radius 1 is 1.24 bits per heavy atom. The third-order valence-corrected chi connectivity index (χ3v) is 5.58. The van der Waals surface area contributed by atoms with E-state index in [4.69, 9.17) is 0 Å². The van der Waals surface area contributed by atoms with Crippen molar-refractivity contribution >= 4 is 17.7 Å². The van der Waals surface area contributed by atoms with Crippen molar-refractivity contribution in [3.8, 4) is 0 Å². The summed E-state index contributed by atoms with van der Waals surface area (Å²) in [4.78, 5) is 12.0. The number of rotatable bonds is 4. The van der Waals surface area contributed by atoms with Gasteiger partial charge in [-0.25, -0.2) is 5.43 Å². The minimum absolute atomic E-state index is 0.153. The highest BCUT2D eigenvalue weighted by Gasteiger charge is 2.43. The molecular weight excluding hydrogens is 232 g/mol. The van der Waals surface area contributed by atoms with Gasteiger partial charge in [0, 0.05) is 11.3 Å². The molecule has 1 N–H and O–H groups in total. The third kappa shape index (κ3) is 2.48. The highest BCUT2D eigenvalue weighted by atomic mass is 32.2. The van der Waals surface area contributed by atoms with Crippen LogP contribution in [0.4, 0.5) is 0 Å². The van der Waals surface area contributed by atoms with Gasteiger partial charge in [-0.2, -0.15) is 11.8 Å². The van der Waals surface area contributed by atoms with Crippen LogP contribution in [0.15, 0.2) is 0 Å². The normalized spacial score (nSPS) is 38.1. The Labute approximate surface area is 108 Å². The van der Waals surface area contributed by atoms with Crippen LogP contribution in [0.3, 0.4) is 0 Å². The maximum atomic E-state index is 12.0. The quantitative estimate of drug-likeness (QED) is 0.834. The molecule has 0 bridgehead atoms. The molecule has 1 aliphatic heterocycles. The first kappa shape index (κ1) is 11.8. The van der Waals surface area contributed by atoms with Gasteiger partial charge in [0.1, 0.15) is 6.04 Å². The summed E-state index contributed by atoms with van der Waals surface area (Å²) in [5.41, 5.74) is 3.38. The number of thioether (sulfide) groups is 1. The molecule has 1 heterocycles. The van der Waals surface area contributed by atoms with Crippen LogP contribution >= 0.6 is 11.8 Å². The number of carbonyl (C=O) groups excluding carboxylic acids is 1. The van der Waals surface area contributed by atoms with Crippen molar-refractivity contribution in [3.05, 3.63) is 0 Å². The second kappa shape index (κ2) is 4.81. The average molecular weight is 254 g/mol. The number of nitrogens with one attached hydrogen (secondary N) is 1. The zero-order valence-electron chi connectivity index (χ0n) is 10.5. The van der Waals surface area contributed by atoms with Crippen LogP contribution < -0.4 is 5.43 Å². The van der Waals surface area contributed by atoms with E-state index in [0.717, 1.165) is 17.6 Å². The maximum absolute atomic E-state index is 12.0. The van der Waals surface area contributed by atoms with Crippen LogP contribution in [-0.4, -0.2) is 34.5 Å². The molecule has 4 heteroatoms. The first-order valence-corrected chi connectivity index (χ1v) is 8.18. The molecule has 17 heavy (non-hydrogen) atoms. The lowest BCUT2D eigenvalue weighted by Gasteiger charge is -2.46. The summed E-state index contributed by atoms with van der Waals surface area (Å²) in [6.07, 6.45) is 10.9. The second-order valence-corrected chi connectivity index (χ2v) is 6.87. The van der Waals surface area contributed by atoms with Gasteiger partial charge in [-0.3, -0.25) is 9.80 Å². The van der Waals surface area contributed by atoms with E-state index in [9.17, 15) is 4.79 Å². The highest BCUT2D eigenvalue weighted by Crippen LogP contribution is 2.37. The summed E-state index contributed by atoms with van der Waals surface area (Å²) < 4.78 is 0. The standard InChI is InChI=1S/C13H22N2OS/c1-17-11-6-4-10(5-7-11)15-13(16)12(14-15)8-9-2-3-9/h9-12,14H,2-8H2,1H3. The number of carbonyl (C=O) groups is 1. The molecule has 3 fully saturated rings. The molecule has 96 valence electrons. The number of hydrogen-bond donors (Lipinski definition) is 1. The summed E-state index contributed by atoms with van der Waals surface area (Å²) >= 11 is 1.98. The van der Waals surface area contributed by atoms with Crippen molar-refractivity contribution < 1.29 is 4.79 Å². The summed E-state index contributed by atoms with van der Waals surface area (Å²) in [6, 6.07) is 0.627. The van der Waals surface area contributed by atoms with Crippen LogP contribution in [0.25, 0.3) is 0 Å². The average Bonchev–Trinajstić information content (AvgIpc) is 3.18. The predicted molar refractivity (Wildman–Crippen MR) is 70.7 cm³/mol. The lowest BCUT2D eigenvalue weighted by atomic mass is 9.92. The molecule has 0 spiro atoms. The molecular formula is C13H22N2OS. The first-order chi connectivity index (χ1) is 8.28. The van der Waals surface area contributed by atoms with E-state index in [2.05, 4.69) is 11.7 Å². The van der Waals surface area contributed by atoms with Gasteiger partial charge in [-0.1, -0.05) is 12.8 Å². The van der Waals surface area contributed by atoms with Gasteiger partial charge in [-0.15, -0.1) is 0 Å². The minimum Gasteiger partial charge on any atom is -0.273 e. The second-order valence-electron chi connectivity index (χ2n) is 5.74. The summed E-state index contributed by atoms with van der Waals surface area (Å²) in [7, 11) is 0.